The third kappa shape index (κ3) is 4.17. The summed E-state index contributed by atoms with van der Waals surface area (Å²) in [5.41, 5.74) is 5.35. The Balaban J connectivity index is 1.88. The van der Waals surface area contributed by atoms with E-state index in [0.29, 0.717) is 6.04 Å². The lowest BCUT2D eigenvalue weighted by Gasteiger charge is -2.29. The second-order valence-corrected chi connectivity index (χ2v) is 10.9. The second kappa shape index (κ2) is 9.20. The van der Waals surface area contributed by atoms with Crippen molar-refractivity contribution in [3.8, 4) is 11.1 Å². The van der Waals surface area contributed by atoms with E-state index in [-0.39, 0.29) is 5.56 Å². The molecule has 2 aromatic heterocycles. The van der Waals surface area contributed by atoms with Gasteiger partial charge in [0.2, 0.25) is 0 Å². The van der Waals surface area contributed by atoms with E-state index in [1.807, 2.05) is 17.2 Å². The van der Waals surface area contributed by atoms with E-state index in [4.69, 9.17) is 0 Å². The first-order valence-electron chi connectivity index (χ1n) is 10.4. The minimum atomic E-state index is 0.0443. The molecule has 1 saturated carbocycles. The zero-order valence-electron chi connectivity index (χ0n) is 17.9. The van der Waals surface area contributed by atoms with Gasteiger partial charge in [0.15, 0.2) is 0 Å². The number of fused-ring (bicyclic) bond motifs is 1. The smallest absolute Gasteiger partial charge is 0.275 e. The number of halogens is 1. The molecule has 1 N–H and O–H groups in total. The molecule has 0 unspecified atom stereocenters. The highest BCUT2D eigenvalue weighted by Crippen LogP contribution is 2.39. The molecule has 160 valence electrons. The Labute approximate surface area is 198 Å². The van der Waals surface area contributed by atoms with Crippen molar-refractivity contribution in [2.45, 2.75) is 50.5 Å². The van der Waals surface area contributed by atoms with Crippen molar-refractivity contribution < 1.29 is 0 Å². The van der Waals surface area contributed by atoms with E-state index in [2.05, 4.69) is 70.9 Å². The lowest BCUT2D eigenvalue weighted by Crippen LogP contribution is -2.25. The molecule has 1 aliphatic carbocycles. The fourth-order valence-electron chi connectivity index (χ4n) is 4.44. The molecular formula is C23H28IN3OS2. The van der Waals surface area contributed by atoms with Gasteiger partial charge in [-0.1, -0.05) is 6.92 Å². The Morgan fingerprint density at radius 2 is 1.87 bits per heavy atom. The third-order valence-corrected chi connectivity index (χ3v) is 8.74. The van der Waals surface area contributed by atoms with Crippen LogP contribution in [0.5, 0.6) is 0 Å². The molecular weight excluding hydrogens is 525 g/mol. The molecule has 0 aliphatic heterocycles. The van der Waals surface area contributed by atoms with Gasteiger partial charge in [-0.3, -0.25) is 8.77 Å². The molecule has 1 aliphatic rings. The second-order valence-electron chi connectivity index (χ2n) is 8.38. The standard InChI is InChI=1S/C23H28IN3OS2/c1-14-5-7-16(8-6-14)25-21-10-9-17(29-4)12-18(21)20-13-26(3)23(28)22-19(20)11-15(2)27(22)30-24/h9-14,16,25H,5-8H2,1-4H3. The van der Waals surface area contributed by atoms with Crippen LogP contribution in [0.2, 0.25) is 0 Å². The summed E-state index contributed by atoms with van der Waals surface area (Å²) < 4.78 is 3.76. The van der Waals surface area contributed by atoms with E-state index < -0.39 is 0 Å². The Morgan fingerprint density at radius 1 is 1.13 bits per heavy atom. The largest absolute Gasteiger partial charge is 0.382 e. The number of aryl methyl sites for hydroxylation is 2. The molecule has 0 atom stereocenters. The number of nitrogens with zero attached hydrogens (tertiary/aromatic N) is 2. The summed E-state index contributed by atoms with van der Waals surface area (Å²) in [6.45, 7) is 4.42. The van der Waals surface area contributed by atoms with Gasteiger partial charge in [0, 0.05) is 82.4 Å². The summed E-state index contributed by atoms with van der Waals surface area (Å²) in [7, 11) is 3.40. The molecule has 7 heteroatoms. The minimum Gasteiger partial charge on any atom is -0.382 e. The molecule has 0 radical (unpaired) electrons. The van der Waals surface area contributed by atoms with E-state index in [1.54, 1.807) is 25.4 Å². The van der Waals surface area contributed by atoms with Crippen LogP contribution in [0.1, 0.15) is 38.3 Å². The summed E-state index contributed by atoms with van der Waals surface area (Å²) in [6, 6.07) is 9.34. The summed E-state index contributed by atoms with van der Waals surface area (Å²) in [4.78, 5) is 14.2. The fraction of sp³-hybridized carbons (Fsp3) is 0.435. The van der Waals surface area contributed by atoms with Crippen molar-refractivity contribution in [1.29, 1.82) is 0 Å². The number of aromatic nitrogens is 2. The molecule has 3 aromatic rings. The molecule has 4 nitrogen and oxygen atoms in total. The van der Waals surface area contributed by atoms with Gasteiger partial charge in [-0.2, -0.15) is 0 Å². The Bertz CT molecular complexity index is 1130. The zero-order chi connectivity index (χ0) is 21.4. The molecule has 30 heavy (non-hydrogen) atoms. The van der Waals surface area contributed by atoms with Crippen LogP contribution >= 0.6 is 42.1 Å². The van der Waals surface area contributed by atoms with Crippen molar-refractivity contribution in [3.63, 3.8) is 0 Å². The molecule has 0 saturated heterocycles. The van der Waals surface area contributed by atoms with Crippen molar-refractivity contribution in [1.82, 2.24) is 8.54 Å². The van der Waals surface area contributed by atoms with E-state index >= 15 is 0 Å². The highest BCUT2D eigenvalue weighted by atomic mass is 127. The topological polar surface area (TPSA) is 39.0 Å². The molecule has 2 heterocycles. The number of hydrogen-bond acceptors (Lipinski definition) is 4. The van der Waals surface area contributed by atoms with Gasteiger partial charge in [0.25, 0.3) is 5.56 Å². The van der Waals surface area contributed by atoms with Crippen LogP contribution in [0.3, 0.4) is 0 Å². The number of nitrogens with one attached hydrogen (secondary N) is 1. The maximum atomic E-state index is 13.0. The number of rotatable bonds is 5. The van der Waals surface area contributed by atoms with Gasteiger partial charge in [0.1, 0.15) is 5.52 Å². The minimum absolute atomic E-state index is 0.0443. The van der Waals surface area contributed by atoms with Gasteiger partial charge >= 0.3 is 0 Å². The zero-order valence-corrected chi connectivity index (χ0v) is 21.7. The maximum Gasteiger partial charge on any atom is 0.275 e. The number of anilines is 1. The highest BCUT2D eigenvalue weighted by molar-refractivity contribution is 14.2. The van der Waals surface area contributed by atoms with E-state index in [9.17, 15) is 4.79 Å². The van der Waals surface area contributed by atoms with Crippen LogP contribution in [0.25, 0.3) is 22.0 Å². The summed E-state index contributed by atoms with van der Waals surface area (Å²) in [6.07, 6.45) is 9.12. The molecule has 1 fully saturated rings. The average molecular weight is 554 g/mol. The molecule has 0 amide bonds. The Kier molecular flexibility index (Phi) is 6.79. The van der Waals surface area contributed by atoms with Crippen LogP contribution in [-0.2, 0) is 7.05 Å². The lowest BCUT2D eigenvalue weighted by atomic mass is 9.87. The molecule has 0 spiro atoms. The van der Waals surface area contributed by atoms with Gasteiger partial charge in [-0.05, 0) is 69.0 Å². The highest BCUT2D eigenvalue weighted by Gasteiger charge is 2.21. The fourth-order valence-corrected chi connectivity index (χ4v) is 6.81. The van der Waals surface area contributed by atoms with Gasteiger partial charge in [-0.25, -0.2) is 0 Å². The summed E-state index contributed by atoms with van der Waals surface area (Å²) in [5, 5.41) is 4.87. The first kappa shape index (κ1) is 22.1. The van der Waals surface area contributed by atoms with Crippen molar-refractivity contribution in [2.24, 2.45) is 13.0 Å². The van der Waals surface area contributed by atoms with Crippen LogP contribution in [0.15, 0.2) is 40.2 Å². The SMILES string of the molecule is CSc1ccc(NC2CCC(C)CC2)c(-c2cn(C)c(=O)c3c2cc(C)n3SI)c1. The Morgan fingerprint density at radius 3 is 2.53 bits per heavy atom. The number of benzene rings is 1. The van der Waals surface area contributed by atoms with E-state index in [0.717, 1.165) is 28.1 Å². The van der Waals surface area contributed by atoms with Gasteiger partial charge in [-0.15, -0.1) is 11.8 Å². The first-order chi connectivity index (χ1) is 14.4. The van der Waals surface area contributed by atoms with Crippen molar-refractivity contribution >= 4 is 58.7 Å². The summed E-state index contributed by atoms with van der Waals surface area (Å²) in [5.74, 6) is 0.832. The van der Waals surface area contributed by atoms with Crippen LogP contribution in [0, 0.1) is 12.8 Å². The normalized spacial score (nSPS) is 19.4. The number of thioether (sulfide) groups is 1. The predicted octanol–water partition coefficient (Wildman–Crippen LogP) is 6.87. The van der Waals surface area contributed by atoms with Crippen molar-refractivity contribution in [2.75, 3.05) is 11.6 Å². The number of pyridine rings is 1. The van der Waals surface area contributed by atoms with Crippen LogP contribution in [-0.4, -0.2) is 20.8 Å². The monoisotopic (exact) mass is 553 g/mol. The quantitative estimate of drug-likeness (QED) is 0.276. The van der Waals surface area contributed by atoms with Crippen LogP contribution < -0.4 is 10.9 Å². The van der Waals surface area contributed by atoms with E-state index in [1.165, 1.54) is 41.8 Å². The van der Waals surface area contributed by atoms with Crippen LogP contribution in [0.4, 0.5) is 5.69 Å². The first-order valence-corrected chi connectivity index (χ1v) is 14.9. The summed E-state index contributed by atoms with van der Waals surface area (Å²) >= 11 is 4.00. The molecule has 1 aromatic carbocycles. The molecule has 0 bridgehead atoms. The van der Waals surface area contributed by atoms with Gasteiger partial charge < -0.3 is 9.88 Å². The van der Waals surface area contributed by atoms with Crippen molar-refractivity contribution in [3.05, 3.63) is 46.5 Å². The Hall–Kier alpha value is -1.06. The average Bonchev–Trinajstić information content (AvgIpc) is 3.09. The predicted molar refractivity (Wildman–Crippen MR) is 141 cm³/mol. The number of hydrogen-bond donors (Lipinski definition) is 1. The molecule has 4 rings (SSSR count). The van der Waals surface area contributed by atoms with Gasteiger partial charge in [0.05, 0.1) is 0 Å². The third-order valence-electron chi connectivity index (χ3n) is 6.23. The lowest BCUT2D eigenvalue weighted by molar-refractivity contribution is 0.361. The maximum absolute atomic E-state index is 13.0.